The Morgan fingerprint density at radius 2 is 1.21 bits per heavy atom. The van der Waals surface area contributed by atoms with Crippen molar-refractivity contribution >= 4 is 32.7 Å². The molecule has 0 saturated heterocycles. The normalized spacial score (nSPS) is 17.7. The van der Waals surface area contributed by atoms with Crippen molar-refractivity contribution in [2.75, 3.05) is 5.32 Å². The quantitative estimate of drug-likeness (QED) is 0.288. The highest BCUT2D eigenvalue weighted by Crippen LogP contribution is 2.45. The molecule has 0 fully saturated rings. The first-order chi connectivity index (χ1) is 19.2. The van der Waals surface area contributed by atoms with Crippen LogP contribution in [0.25, 0.3) is 0 Å². The van der Waals surface area contributed by atoms with Crippen LogP contribution in [0, 0.1) is 0 Å². The highest BCUT2D eigenvalue weighted by Gasteiger charge is 2.45. The molecule has 1 aliphatic carbocycles. The van der Waals surface area contributed by atoms with Crippen LogP contribution in [0.3, 0.4) is 0 Å². The summed E-state index contributed by atoms with van der Waals surface area (Å²) in [6, 6.07) is 26.6. The molecule has 3 aromatic rings. The van der Waals surface area contributed by atoms with Crippen LogP contribution >= 0.6 is 0 Å². The number of hydrogen-bond donors (Lipinski definition) is 2. The summed E-state index contributed by atoms with van der Waals surface area (Å²) in [4.78, 5) is 0. The van der Waals surface area contributed by atoms with Crippen molar-refractivity contribution < 1.29 is 0 Å². The van der Waals surface area contributed by atoms with Gasteiger partial charge in [0.05, 0.1) is 16.1 Å². The molecule has 0 spiro atoms. The van der Waals surface area contributed by atoms with Gasteiger partial charge in [0.25, 0.3) is 0 Å². The van der Waals surface area contributed by atoms with E-state index in [0.717, 1.165) is 23.5 Å². The SMILES string of the molecule is CC(C)(C)c1ccc(Nc2ccc([Si](C)(C)C)cc2)cc1.CC(C)(C)c1ccccc1C1([Si](C)(C)C)C=CC(N)=CC1. The Balaban J connectivity index is 0.000000230. The molecule has 0 saturated carbocycles. The Bertz CT molecular complexity index is 1330. The van der Waals surface area contributed by atoms with Gasteiger partial charge >= 0.3 is 0 Å². The van der Waals surface area contributed by atoms with E-state index in [2.05, 4.69) is 177 Å². The average molecular weight is 597 g/mol. The maximum Gasteiger partial charge on any atom is 0.0775 e. The van der Waals surface area contributed by atoms with Crippen LogP contribution < -0.4 is 16.2 Å². The second-order valence-corrected chi connectivity index (χ2v) is 26.5. The Labute approximate surface area is 259 Å². The van der Waals surface area contributed by atoms with Gasteiger partial charge in [0.2, 0.25) is 0 Å². The van der Waals surface area contributed by atoms with Crippen molar-refractivity contribution in [2.24, 2.45) is 5.73 Å². The predicted octanol–water partition coefficient (Wildman–Crippen LogP) is 10.2. The topological polar surface area (TPSA) is 38.0 Å². The zero-order valence-corrected chi connectivity index (χ0v) is 30.4. The fourth-order valence-electron chi connectivity index (χ4n) is 5.61. The average Bonchev–Trinajstić information content (AvgIpc) is 2.88. The van der Waals surface area contributed by atoms with Crippen LogP contribution in [0.5, 0.6) is 0 Å². The molecule has 0 bridgehead atoms. The van der Waals surface area contributed by atoms with Gasteiger partial charge in [0, 0.05) is 22.1 Å². The van der Waals surface area contributed by atoms with E-state index in [1.54, 1.807) is 0 Å². The van der Waals surface area contributed by atoms with Gasteiger partial charge in [-0.3, -0.25) is 0 Å². The first-order valence-electron chi connectivity index (χ1n) is 15.5. The Morgan fingerprint density at radius 3 is 1.64 bits per heavy atom. The Morgan fingerprint density at radius 1 is 0.690 bits per heavy atom. The third-order valence-electron chi connectivity index (χ3n) is 8.56. The largest absolute Gasteiger partial charge is 0.399 e. The second kappa shape index (κ2) is 12.4. The molecule has 2 nitrogen and oxygen atoms in total. The lowest BCUT2D eigenvalue weighted by Gasteiger charge is -2.45. The number of nitrogens with one attached hydrogen (secondary N) is 1. The highest BCUT2D eigenvalue weighted by molar-refractivity contribution is 6.88. The zero-order chi connectivity index (χ0) is 31.6. The van der Waals surface area contributed by atoms with Gasteiger partial charge in [-0.1, -0.05) is 147 Å². The maximum absolute atomic E-state index is 5.99. The molecule has 4 rings (SSSR count). The summed E-state index contributed by atoms with van der Waals surface area (Å²) in [6.45, 7) is 28.2. The van der Waals surface area contributed by atoms with Gasteiger partial charge in [-0.2, -0.15) is 0 Å². The molecule has 3 N–H and O–H groups in total. The molecule has 0 aromatic heterocycles. The lowest BCUT2D eigenvalue weighted by atomic mass is 9.77. The lowest BCUT2D eigenvalue weighted by Crippen LogP contribution is -2.49. The van der Waals surface area contributed by atoms with Crippen LogP contribution in [0.1, 0.15) is 64.7 Å². The fourth-order valence-corrected chi connectivity index (χ4v) is 9.10. The van der Waals surface area contributed by atoms with E-state index in [9.17, 15) is 0 Å². The minimum absolute atomic E-state index is 0.139. The van der Waals surface area contributed by atoms with Crippen LogP contribution in [-0.2, 0) is 15.9 Å². The van der Waals surface area contributed by atoms with E-state index in [4.69, 9.17) is 5.73 Å². The van der Waals surface area contributed by atoms with Crippen LogP contribution in [-0.4, -0.2) is 16.1 Å². The van der Waals surface area contributed by atoms with Gasteiger partial charge in [-0.05, 0) is 64.3 Å². The molecular formula is C38H56N2Si2. The van der Waals surface area contributed by atoms with Crippen molar-refractivity contribution in [1.29, 1.82) is 0 Å². The number of allylic oxidation sites excluding steroid dienone is 3. The molecule has 0 amide bonds. The van der Waals surface area contributed by atoms with E-state index in [1.807, 2.05) is 0 Å². The van der Waals surface area contributed by atoms with Crippen molar-refractivity contribution in [3.05, 3.63) is 113 Å². The lowest BCUT2D eigenvalue weighted by molar-refractivity contribution is 0.567. The predicted molar refractivity (Wildman–Crippen MR) is 194 cm³/mol. The summed E-state index contributed by atoms with van der Waals surface area (Å²) >= 11 is 0. The summed E-state index contributed by atoms with van der Waals surface area (Å²) < 4.78 is 0. The summed E-state index contributed by atoms with van der Waals surface area (Å²) in [5.41, 5.74) is 13.9. The molecule has 0 heterocycles. The Hall–Kier alpha value is -2.83. The van der Waals surface area contributed by atoms with E-state index in [1.165, 1.54) is 21.9 Å². The van der Waals surface area contributed by atoms with Gasteiger partial charge in [0.15, 0.2) is 0 Å². The smallest absolute Gasteiger partial charge is 0.0775 e. The molecule has 1 atom stereocenters. The monoisotopic (exact) mass is 596 g/mol. The number of nitrogens with two attached hydrogens (primary N) is 1. The Kier molecular flexibility index (Phi) is 9.96. The summed E-state index contributed by atoms with van der Waals surface area (Å²) in [5, 5.41) is 5.11. The second-order valence-electron chi connectivity index (χ2n) is 16.0. The fraction of sp³-hybridized carbons (Fsp3) is 0.421. The molecule has 1 unspecified atom stereocenters. The first kappa shape index (κ1) is 33.7. The molecule has 0 aliphatic heterocycles. The summed E-state index contributed by atoms with van der Waals surface area (Å²) in [7, 11) is -2.68. The molecular weight excluding hydrogens is 541 g/mol. The number of benzene rings is 3. The summed E-state index contributed by atoms with van der Waals surface area (Å²) in [6.07, 6.45) is 7.73. The zero-order valence-electron chi connectivity index (χ0n) is 28.4. The van der Waals surface area contributed by atoms with Crippen molar-refractivity contribution in [1.82, 2.24) is 0 Å². The molecule has 226 valence electrons. The highest BCUT2D eigenvalue weighted by atomic mass is 28.3. The molecule has 3 aromatic carbocycles. The number of hydrogen-bond acceptors (Lipinski definition) is 2. The third kappa shape index (κ3) is 8.17. The molecule has 0 radical (unpaired) electrons. The molecule has 4 heteroatoms. The number of rotatable bonds is 5. The standard InChI is InChI=1S/C19H27NSi.C19H29NSi/c1-19(2,3)15-7-9-16(10-8-15)20-17-11-13-18(14-12-17)21(4,5)6;1-18(2,3)16-9-7-8-10-17(16)19(21(4,5)6)13-11-15(20)12-14-19/h7-14,20H,1-6H3;7-13H,14,20H2,1-6H3. The third-order valence-corrected chi connectivity index (χ3v) is 13.9. The maximum atomic E-state index is 5.99. The van der Waals surface area contributed by atoms with E-state index in [0.29, 0.717) is 0 Å². The van der Waals surface area contributed by atoms with Gasteiger partial charge in [-0.25, -0.2) is 0 Å². The molecule has 1 aliphatic rings. The van der Waals surface area contributed by atoms with Crippen LogP contribution in [0.4, 0.5) is 11.4 Å². The van der Waals surface area contributed by atoms with Gasteiger partial charge in [0.1, 0.15) is 0 Å². The van der Waals surface area contributed by atoms with Gasteiger partial charge < -0.3 is 11.1 Å². The minimum atomic E-state index is -1.47. The van der Waals surface area contributed by atoms with Crippen molar-refractivity contribution in [2.45, 2.75) is 103 Å². The first-order valence-corrected chi connectivity index (χ1v) is 22.5. The molecule has 42 heavy (non-hydrogen) atoms. The minimum Gasteiger partial charge on any atom is -0.399 e. The number of anilines is 2. The van der Waals surface area contributed by atoms with E-state index < -0.39 is 16.1 Å². The summed E-state index contributed by atoms with van der Waals surface area (Å²) in [5.74, 6) is 0. The van der Waals surface area contributed by atoms with Crippen molar-refractivity contribution in [3.63, 3.8) is 0 Å². The van der Waals surface area contributed by atoms with E-state index in [-0.39, 0.29) is 15.9 Å². The van der Waals surface area contributed by atoms with Gasteiger partial charge in [-0.15, -0.1) is 0 Å². The van der Waals surface area contributed by atoms with E-state index >= 15 is 0 Å². The van der Waals surface area contributed by atoms with Crippen LogP contribution in [0.15, 0.2) is 96.7 Å². The van der Waals surface area contributed by atoms with Crippen LogP contribution in [0.2, 0.25) is 39.3 Å². The van der Waals surface area contributed by atoms with Crippen molar-refractivity contribution in [3.8, 4) is 0 Å².